The van der Waals surface area contributed by atoms with Gasteiger partial charge < -0.3 is 25.4 Å². The predicted molar refractivity (Wildman–Crippen MR) is 159 cm³/mol. The van der Waals surface area contributed by atoms with Gasteiger partial charge in [-0.05, 0) is 62.8 Å². The molecule has 0 saturated carbocycles. The smallest absolute Gasteiger partial charge is 0.140 e. The number of aromatic amines is 1. The number of piperidine rings is 1. The van der Waals surface area contributed by atoms with Crippen molar-refractivity contribution in [2.24, 2.45) is 0 Å². The summed E-state index contributed by atoms with van der Waals surface area (Å²) < 4.78 is 0. The Morgan fingerprint density at radius 1 is 0.875 bits per heavy atom. The molecule has 3 fully saturated rings. The minimum atomic E-state index is 0.136. The third-order valence-corrected chi connectivity index (χ3v) is 8.79. The highest BCUT2D eigenvalue weighted by Crippen LogP contribution is 2.43. The summed E-state index contributed by atoms with van der Waals surface area (Å²) in [6, 6.07) is 8.90. The maximum atomic E-state index is 4.88. The van der Waals surface area contributed by atoms with E-state index in [1.807, 2.05) is 24.8 Å². The first-order valence-corrected chi connectivity index (χ1v) is 14.6. The molecule has 4 aromatic rings. The number of hydrogen-bond acceptors (Lipinski definition) is 8. The van der Waals surface area contributed by atoms with Gasteiger partial charge in [-0.25, -0.2) is 9.97 Å². The van der Waals surface area contributed by atoms with E-state index in [1.54, 1.807) is 0 Å². The van der Waals surface area contributed by atoms with Crippen molar-refractivity contribution in [3.63, 3.8) is 0 Å². The Hall–Kier alpha value is -3.95. The van der Waals surface area contributed by atoms with Crippen LogP contribution in [-0.2, 0) is 6.54 Å². The van der Waals surface area contributed by atoms with Crippen molar-refractivity contribution in [2.75, 3.05) is 56.5 Å². The number of rotatable bonds is 5. The molecule has 40 heavy (non-hydrogen) atoms. The van der Waals surface area contributed by atoms with Crippen molar-refractivity contribution in [1.29, 1.82) is 0 Å². The molecular weight excluding hydrogens is 498 g/mol. The molecule has 1 atom stereocenters. The van der Waals surface area contributed by atoms with Crippen molar-refractivity contribution >= 4 is 28.1 Å². The topological polar surface area (TPSA) is 98.1 Å². The SMILES string of the molecule is CN1CCN(c2nccc3[nH]c(C4=C5NC5Nc5ncc(-c6cncc(CN7CCCCC7)c6)cc54)cc23)CC1. The Morgan fingerprint density at radius 3 is 2.60 bits per heavy atom. The van der Waals surface area contributed by atoms with Crippen molar-refractivity contribution in [3.05, 3.63) is 71.6 Å². The first-order chi connectivity index (χ1) is 19.7. The zero-order valence-electron chi connectivity index (χ0n) is 23.0. The Morgan fingerprint density at radius 2 is 1.73 bits per heavy atom. The van der Waals surface area contributed by atoms with E-state index >= 15 is 0 Å². The molecule has 4 aliphatic rings. The molecule has 0 amide bonds. The molecule has 4 aromatic heterocycles. The molecule has 0 bridgehead atoms. The lowest BCUT2D eigenvalue weighted by Crippen LogP contribution is -2.44. The monoisotopic (exact) mass is 533 g/mol. The summed E-state index contributed by atoms with van der Waals surface area (Å²) in [4.78, 5) is 25.4. The van der Waals surface area contributed by atoms with E-state index in [-0.39, 0.29) is 6.17 Å². The molecule has 0 aliphatic carbocycles. The molecule has 9 heteroatoms. The molecule has 0 spiro atoms. The fourth-order valence-corrected chi connectivity index (χ4v) is 6.49. The van der Waals surface area contributed by atoms with Crippen LogP contribution in [0.15, 0.2) is 54.7 Å². The Kier molecular flexibility index (Phi) is 5.74. The fourth-order valence-electron chi connectivity index (χ4n) is 6.49. The summed E-state index contributed by atoms with van der Waals surface area (Å²) in [6.07, 6.45) is 11.9. The normalized spacial score (nSPS) is 21.1. The summed E-state index contributed by atoms with van der Waals surface area (Å²) in [7, 11) is 2.19. The molecule has 204 valence electrons. The molecule has 1 unspecified atom stereocenters. The average Bonchev–Trinajstić information content (AvgIpc) is 3.63. The summed E-state index contributed by atoms with van der Waals surface area (Å²) in [6.45, 7) is 7.41. The zero-order chi connectivity index (χ0) is 26.6. The summed E-state index contributed by atoms with van der Waals surface area (Å²) in [5.74, 6) is 1.97. The van der Waals surface area contributed by atoms with Crippen molar-refractivity contribution < 1.29 is 0 Å². The third-order valence-electron chi connectivity index (χ3n) is 8.79. The van der Waals surface area contributed by atoms with Gasteiger partial charge in [0.15, 0.2) is 0 Å². The first-order valence-electron chi connectivity index (χ1n) is 14.6. The standard InChI is InChI=1S/C31H35N9/c1-38-9-11-40(12-10-38)31-23-15-26(35-25(23)5-6-33-31)27-24-14-22(18-34-29(24)37-30-28(27)36-30)21-13-20(16-32-17-21)19-39-7-3-2-4-8-39/h5-6,13-18,30,35-36H,2-4,7-12,19H2,1H3,(H,34,37). The van der Waals surface area contributed by atoms with E-state index in [1.165, 1.54) is 54.6 Å². The van der Waals surface area contributed by atoms with Crippen LogP contribution >= 0.6 is 0 Å². The Balaban J connectivity index is 1.14. The lowest BCUT2D eigenvalue weighted by atomic mass is 9.96. The fraction of sp³-hybridized carbons (Fsp3) is 0.387. The van der Waals surface area contributed by atoms with E-state index in [0.717, 1.165) is 72.3 Å². The van der Waals surface area contributed by atoms with E-state index in [9.17, 15) is 0 Å². The number of pyridine rings is 3. The van der Waals surface area contributed by atoms with Crippen molar-refractivity contribution in [2.45, 2.75) is 32.0 Å². The number of hydrogen-bond donors (Lipinski definition) is 3. The lowest BCUT2D eigenvalue weighted by molar-refractivity contribution is 0.220. The molecule has 0 aromatic carbocycles. The van der Waals surface area contributed by atoms with E-state index < -0.39 is 0 Å². The number of nitrogens with zero attached hydrogens (tertiary/aromatic N) is 6. The third kappa shape index (κ3) is 4.30. The predicted octanol–water partition coefficient (Wildman–Crippen LogP) is 3.87. The molecule has 0 radical (unpaired) electrons. The molecule has 3 saturated heterocycles. The van der Waals surface area contributed by atoms with Gasteiger partial charge in [0.25, 0.3) is 0 Å². The van der Waals surface area contributed by atoms with Gasteiger partial charge in [-0.1, -0.05) is 6.42 Å². The zero-order valence-corrected chi connectivity index (χ0v) is 23.0. The van der Waals surface area contributed by atoms with Crippen LogP contribution in [0.25, 0.3) is 27.6 Å². The van der Waals surface area contributed by atoms with Crippen LogP contribution in [0.3, 0.4) is 0 Å². The van der Waals surface area contributed by atoms with Crippen LogP contribution in [-0.4, -0.2) is 82.2 Å². The minimum Gasteiger partial charge on any atom is -0.360 e. The number of likely N-dealkylation sites (N-methyl/N-ethyl adjacent to an activating group) is 1. The van der Waals surface area contributed by atoms with Gasteiger partial charge in [0.2, 0.25) is 0 Å². The van der Waals surface area contributed by atoms with Gasteiger partial charge in [-0.3, -0.25) is 9.88 Å². The molecule has 4 aliphatic heterocycles. The number of anilines is 2. The summed E-state index contributed by atoms with van der Waals surface area (Å²) >= 11 is 0. The van der Waals surface area contributed by atoms with Crippen LogP contribution in [0.4, 0.5) is 11.6 Å². The number of likely N-dealkylation sites (tertiary alicyclic amines) is 1. The Bertz CT molecular complexity index is 1610. The quantitative estimate of drug-likeness (QED) is 0.333. The van der Waals surface area contributed by atoms with E-state index in [0.29, 0.717) is 0 Å². The molecular formula is C31H35N9. The first kappa shape index (κ1) is 23.9. The number of nitrogens with one attached hydrogen (secondary N) is 3. The molecule has 8 rings (SSSR count). The van der Waals surface area contributed by atoms with Crippen LogP contribution in [0.5, 0.6) is 0 Å². The maximum absolute atomic E-state index is 4.88. The number of H-pyrrole nitrogens is 1. The highest BCUT2D eigenvalue weighted by Gasteiger charge is 2.39. The van der Waals surface area contributed by atoms with E-state index in [2.05, 4.69) is 66.6 Å². The molecule has 9 nitrogen and oxygen atoms in total. The van der Waals surface area contributed by atoms with Crippen LogP contribution in [0.1, 0.15) is 36.1 Å². The number of piperazine rings is 1. The second-order valence-corrected chi connectivity index (χ2v) is 11.6. The molecule has 8 heterocycles. The van der Waals surface area contributed by atoms with Crippen molar-refractivity contribution in [1.82, 2.24) is 35.1 Å². The summed E-state index contributed by atoms with van der Waals surface area (Å²) in [5, 5.41) is 8.24. The van der Waals surface area contributed by atoms with Crippen LogP contribution < -0.4 is 15.5 Å². The average molecular weight is 534 g/mol. The van der Waals surface area contributed by atoms with Gasteiger partial charge in [-0.2, -0.15) is 0 Å². The van der Waals surface area contributed by atoms with Gasteiger partial charge in [-0.15, -0.1) is 0 Å². The van der Waals surface area contributed by atoms with Gasteiger partial charge in [0, 0.05) is 90.9 Å². The highest BCUT2D eigenvalue weighted by molar-refractivity contribution is 5.99. The lowest BCUT2D eigenvalue weighted by Gasteiger charge is -2.33. The van der Waals surface area contributed by atoms with Crippen LogP contribution in [0.2, 0.25) is 0 Å². The summed E-state index contributed by atoms with van der Waals surface area (Å²) in [5.41, 5.74) is 9.17. The largest absolute Gasteiger partial charge is 0.360 e. The van der Waals surface area contributed by atoms with Gasteiger partial charge in [0.1, 0.15) is 17.8 Å². The maximum Gasteiger partial charge on any atom is 0.140 e. The second kappa shape index (κ2) is 9.60. The van der Waals surface area contributed by atoms with E-state index in [4.69, 9.17) is 9.97 Å². The molecule has 3 N–H and O–H groups in total. The highest BCUT2D eigenvalue weighted by atomic mass is 15.3. The van der Waals surface area contributed by atoms with Crippen molar-refractivity contribution in [3.8, 4) is 11.1 Å². The Labute approximate surface area is 234 Å². The number of aromatic nitrogens is 4. The van der Waals surface area contributed by atoms with Gasteiger partial charge in [0.05, 0.1) is 11.2 Å². The number of fused-ring (bicyclic) bond motifs is 3. The van der Waals surface area contributed by atoms with Crippen LogP contribution in [0, 0.1) is 0 Å². The van der Waals surface area contributed by atoms with Gasteiger partial charge >= 0.3 is 0 Å². The minimum absolute atomic E-state index is 0.136. The second-order valence-electron chi connectivity index (χ2n) is 11.6.